The molecule has 2 amide bonds. The average Bonchev–Trinajstić information content (AvgIpc) is 2.81. The Labute approximate surface area is 207 Å². The van der Waals surface area contributed by atoms with Crippen LogP contribution in [-0.2, 0) is 26.2 Å². The van der Waals surface area contributed by atoms with Crippen molar-refractivity contribution in [3.8, 4) is 5.75 Å². The number of hydrogen-bond acceptors (Lipinski definition) is 5. The number of amides is 2. The van der Waals surface area contributed by atoms with Crippen LogP contribution < -0.4 is 14.4 Å². The fraction of sp³-hybridized carbons (Fsp3) is 0.440. The van der Waals surface area contributed by atoms with Gasteiger partial charge in [0.2, 0.25) is 21.8 Å². The molecule has 0 aliphatic rings. The summed E-state index contributed by atoms with van der Waals surface area (Å²) in [4.78, 5) is 27.9. The fourth-order valence-electron chi connectivity index (χ4n) is 3.49. The highest BCUT2D eigenvalue weighted by Crippen LogP contribution is 2.21. The lowest BCUT2D eigenvalue weighted by Gasteiger charge is -2.33. The number of nitrogens with zero attached hydrogens (tertiary/aromatic N) is 2. The first-order chi connectivity index (χ1) is 16.5. The predicted molar refractivity (Wildman–Crippen MR) is 134 cm³/mol. The largest absolute Gasteiger partial charge is 0.497 e. The van der Waals surface area contributed by atoms with Crippen molar-refractivity contribution in [2.75, 3.05) is 30.8 Å². The molecule has 0 aliphatic heterocycles. The minimum Gasteiger partial charge on any atom is -0.497 e. The zero-order valence-corrected chi connectivity index (χ0v) is 21.6. The van der Waals surface area contributed by atoms with E-state index in [0.717, 1.165) is 28.3 Å². The van der Waals surface area contributed by atoms with Gasteiger partial charge in [-0.1, -0.05) is 32.9 Å². The molecule has 2 aromatic carbocycles. The molecular weight excluding hydrogens is 473 g/mol. The van der Waals surface area contributed by atoms with Gasteiger partial charge in [-0.25, -0.2) is 12.8 Å². The van der Waals surface area contributed by atoms with Crippen molar-refractivity contribution in [1.82, 2.24) is 10.2 Å². The Morgan fingerprint density at radius 1 is 1.06 bits per heavy atom. The number of hydrogen-bond donors (Lipinski definition) is 1. The highest BCUT2D eigenvalue weighted by Gasteiger charge is 2.31. The van der Waals surface area contributed by atoms with Gasteiger partial charge in [-0.15, -0.1) is 0 Å². The molecule has 2 rings (SSSR count). The zero-order chi connectivity index (χ0) is 26.2. The molecule has 0 heterocycles. The number of halogens is 1. The van der Waals surface area contributed by atoms with Crippen LogP contribution in [0.4, 0.5) is 10.1 Å². The Balaban J connectivity index is 2.40. The number of anilines is 1. The number of carbonyl (C=O) groups is 2. The van der Waals surface area contributed by atoms with Crippen LogP contribution in [-0.4, -0.2) is 57.6 Å². The third kappa shape index (κ3) is 8.24. The van der Waals surface area contributed by atoms with Crippen molar-refractivity contribution < 1.29 is 27.1 Å². The Bertz CT molecular complexity index is 1090. The van der Waals surface area contributed by atoms with E-state index in [0.29, 0.717) is 18.7 Å². The van der Waals surface area contributed by atoms with Crippen LogP contribution in [0.5, 0.6) is 5.75 Å². The summed E-state index contributed by atoms with van der Waals surface area (Å²) in [5.41, 5.74) is 0.908. The molecule has 192 valence electrons. The quantitative estimate of drug-likeness (QED) is 0.476. The molecule has 10 heteroatoms. The van der Waals surface area contributed by atoms with Gasteiger partial charge in [0, 0.05) is 13.1 Å². The van der Waals surface area contributed by atoms with E-state index in [1.807, 2.05) is 13.8 Å². The number of sulfonamides is 1. The Morgan fingerprint density at radius 2 is 1.66 bits per heavy atom. The summed E-state index contributed by atoms with van der Waals surface area (Å²) >= 11 is 0. The SMILES string of the molecule is CCC(C(=O)NCC(C)C)N(Cc1ccc(OC)cc1)C(=O)CN(c1ccc(F)cc1)S(C)(=O)=O. The minimum absolute atomic E-state index is 0.0947. The lowest BCUT2D eigenvalue weighted by atomic mass is 10.1. The first-order valence-electron chi connectivity index (χ1n) is 11.4. The van der Waals surface area contributed by atoms with Gasteiger partial charge in [-0.05, 0) is 54.3 Å². The van der Waals surface area contributed by atoms with Crippen LogP contribution in [0.1, 0.15) is 32.8 Å². The highest BCUT2D eigenvalue weighted by molar-refractivity contribution is 7.92. The second-order valence-electron chi connectivity index (χ2n) is 8.68. The number of rotatable bonds is 12. The first-order valence-corrected chi connectivity index (χ1v) is 13.2. The second kappa shape index (κ2) is 12.5. The van der Waals surface area contributed by atoms with Crippen LogP contribution in [0.2, 0.25) is 0 Å². The molecule has 0 fully saturated rings. The summed E-state index contributed by atoms with van der Waals surface area (Å²) in [5, 5.41) is 2.87. The first kappa shape index (κ1) is 28.1. The second-order valence-corrected chi connectivity index (χ2v) is 10.6. The monoisotopic (exact) mass is 507 g/mol. The van der Waals surface area contributed by atoms with Crippen molar-refractivity contribution in [3.63, 3.8) is 0 Å². The maximum atomic E-state index is 13.6. The van der Waals surface area contributed by atoms with E-state index in [1.165, 1.54) is 17.0 Å². The summed E-state index contributed by atoms with van der Waals surface area (Å²) in [5.74, 6) is -0.519. The zero-order valence-electron chi connectivity index (χ0n) is 20.8. The van der Waals surface area contributed by atoms with Crippen molar-refractivity contribution in [2.45, 2.75) is 39.8 Å². The summed E-state index contributed by atoms with van der Waals surface area (Å²) < 4.78 is 44.5. The minimum atomic E-state index is -3.87. The maximum absolute atomic E-state index is 13.6. The van der Waals surface area contributed by atoms with Crippen LogP contribution >= 0.6 is 0 Å². The normalized spacial score (nSPS) is 12.2. The van der Waals surface area contributed by atoms with Crippen molar-refractivity contribution in [3.05, 3.63) is 59.9 Å². The van der Waals surface area contributed by atoms with Crippen molar-refractivity contribution in [1.29, 1.82) is 0 Å². The van der Waals surface area contributed by atoms with E-state index in [1.54, 1.807) is 38.3 Å². The maximum Gasteiger partial charge on any atom is 0.244 e. The number of methoxy groups -OCH3 is 1. The standard InChI is InChI=1S/C25H34FN3O5S/c1-6-23(25(31)27-15-18(2)3)28(16-19-7-13-22(34-4)14-8-19)24(30)17-29(35(5,32)33)21-11-9-20(26)10-12-21/h7-14,18,23H,6,15-17H2,1-5H3,(H,27,31). The molecule has 1 N–H and O–H groups in total. The van der Waals surface area contributed by atoms with Crippen molar-refractivity contribution in [2.24, 2.45) is 5.92 Å². The lowest BCUT2D eigenvalue weighted by molar-refractivity contribution is -0.140. The van der Waals surface area contributed by atoms with Gasteiger partial charge in [-0.2, -0.15) is 0 Å². The topological polar surface area (TPSA) is 96.0 Å². The van der Waals surface area contributed by atoms with Crippen LogP contribution in [0.3, 0.4) is 0 Å². The van der Waals surface area contributed by atoms with E-state index < -0.39 is 34.3 Å². The molecule has 0 saturated carbocycles. The number of nitrogens with one attached hydrogen (secondary N) is 1. The molecular formula is C25H34FN3O5S. The van der Waals surface area contributed by atoms with Gasteiger partial charge in [0.25, 0.3) is 0 Å². The summed E-state index contributed by atoms with van der Waals surface area (Å²) in [7, 11) is -2.32. The number of carbonyl (C=O) groups excluding carboxylic acids is 2. The third-order valence-electron chi connectivity index (χ3n) is 5.38. The highest BCUT2D eigenvalue weighted by atomic mass is 32.2. The van der Waals surface area contributed by atoms with Crippen LogP contribution in [0.15, 0.2) is 48.5 Å². The van der Waals surface area contributed by atoms with Crippen molar-refractivity contribution >= 4 is 27.5 Å². The fourth-order valence-corrected chi connectivity index (χ4v) is 4.34. The molecule has 8 nitrogen and oxygen atoms in total. The molecule has 1 atom stereocenters. The van der Waals surface area contributed by atoms with Crippen LogP contribution in [0.25, 0.3) is 0 Å². The molecule has 0 bridgehead atoms. The Hall–Kier alpha value is -3.14. The van der Waals surface area contributed by atoms with Crippen LogP contribution in [0, 0.1) is 11.7 Å². The molecule has 1 unspecified atom stereocenters. The Kier molecular flexibility index (Phi) is 10.1. The number of ether oxygens (including phenoxy) is 1. The predicted octanol–water partition coefficient (Wildman–Crippen LogP) is 3.18. The molecule has 0 saturated heterocycles. The summed E-state index contributed by atoms with van der Waals surface area (Å²) in [6, 6.07) is 11.1. The molecule has 0 aromatic heterocycles. The van der Waals surface area contributed by atoms with Gasteiger partial charge in [0.15, 0.2) is 0 Å². The van der Waals surface area contributed by atoms with E-state index in [-0.39, 0.29) is 24.1 Å². The number of benzene rings is 2. The van der Waals surface area contributed by atoms with Gasteiger partial charge >= 0.3 is 0 Å². The van der Waals surface area contributed by atoms with Gasteiger partial charge in [0.05, 0.1) is 19.1 Å². The van der Waals surface area contributed by atoms with Gasteiger partial charge in [-0.3, -0.25) is 13.9 Å². The third-order valence-corrected chi connectivity index (χ3v) is 6.52. The van der Waals surface area contributed by atoms with E-state index in [4.69, 9.17) is 4.74 Å². The summed E-state index contributed by atoms with van der Waals surface area (Å²) in [6.07, 6.45) is 1.31. The van der Waals surface area contributed by atoms with E-state index >= 15 is 0 Å². The molecule has 0 spiro atoms. The smallest absolute Gasteiger partial charge is 0.244 e. The lowest BCUT2D eigenvalue weighted by Crippen LogP contribution is -2.52. The molecule has 0 aliphatic carbocycles. The molecule has 0 radical (unpaired) electrons. The van der Waals surface area contributed by atoms with Gasteiger partial charge < -0.3 is 15.0 Å². The molecule has 2 aromatic rings. The van der Waals surface area contributed by atoms with E-state index in [2.05, 4.69) is 5.32 Å². The van der Waals surface area contributed by atoms with E-state index in [9.17, 15) is 22.4 Å². The molecule has 35 heavy (non-hydrogen) atoms. The Morgan fingerprint density at radius 3 is 2.14 bits per heavy atom. The van der Waals surface area contributed by atoms with Gasteiger partial charge in [0.1, 0.15) is 24.2 Å². The average molecular weight is 508 g/mol. The summed E-state index contributed by atoms with van der Waals surface area (Å²) in [6.45, 7) is 5.74.